The van der Waals surface area contributed by atoms with E-state index in [1.165, 1.54) is 6.92 Å². The molecule has 3 rings (SSSR count). The number of rotatable bonds is 8. The molecule has 0 spiro atoms. The average molecular weight is 410 g/mol. The molecule has 0 aliphatic carbocycles. The number of esters is 1. The number of methoxy groups -OCH3 is 1. The molecule has 2 aromatic carbocycles. The van der Waals surface area contributed by atoms with Crippen LogP contribution in [0.25, 0.3) is 0 Å². The number of para-hydroxylation sites is 1. The molecule has 1 aliphatic heterocycles. The molecule has 0 fully saturated rings. The minimum absolute atomic E-state index is 0.110. The molecule has 8 heteroatoms. The fraction of sp³-hybridized carbons (Fsp3) is 0.273. The predicted octanol–water partition coefficient (Wildman–Crippen LogP) is 1.93. The number of imide groups is 1. The molecule has 1 aliphatic rings. The van der Waals surface area contributed by atoms with Gasteiger partial charge in [0.1, 0.15) is 5.75 Å². The van der Waals surface area contributed by atoms with Gasteiger partial charge >= 0.3 is 5.97 Å². The third-order valence-electron chi connectivity index (χ3n) is 4.74. The Kier molecular flexibility index (Phi) is 6.46. The van der Waals surface area contributed by atoms with Gasteiger partial charge in [-0.1, -0.05) is 30.3 Å². The summed E-state index contributed by atoms with van der Waals surface area (Å²) in [5, 5.41) is 2.69. The van der Waals surface area contributed by atoms with Crippen molar-refractivity contribution >= 4 is 23.7 Å². The molecule has 1 heterocycles. The number of carbonyl (C=O) groups is 4. The maximum Gasteiger partial charge on any atom is 0.308 e. The summed E-state index contributed by atoms with van der Waals surface area (Å²) in [6.07, 6.45) is -1.22. The van der Waals surface area contributed by atoms with E-state index in [-0.39, 0.29) is 19.5 Å². The zero-order chi connectivity index (χ0) is 21.7. The highest BCUT2D eigenvalue weighted by molar-refractivity contribution is 6.21. The van der Waals surface area contributed by atoms with Crippen LogP contribution in [0.1, 0.15) is 39.6 Å². The zero-order valence-corrected chi connectivity index (χ0v) is 16.7. The third-order valence-corrected chi connectivity index (χ3v) is 4.74. The summed E-state index contributed by atoms with van der Waals surface area (Å²) in [4.78, 5) is 49.9. The highest BCUT2D eigenvalue weighted by atomic mass is 16.5. The van der Waals surface area contributed by atoms with Gasteiger partial charge in [0.05, 0.1) is 24.7 Å². The van der Waals surface area contributed by atoms with Crippen molar-refractivity contribution < 1.29 is 28.7 Å². The fourth-order valence-corrected chi connectivity index (χ4v) is 3.13. The van der Waals surface area contributed by atoms with Gasteiger partial charge in [-0.2, -0.15) is 0 Å². The minimum Gasteiger partial charge on any atom is -0.496 e. The average Bonchev–Trinajstić information content (AvgIpc) is 3.00. The van der Waals surface area contributed by atoms with Crippen LogP contribution in [0, 0.1) is 0 Å². The second-order valence-electron chi connectivity index (χ2n) is 6.72. The second-order valence-corrected chi connectivity index (χ2v) is 6.72. The summed E-state index contributed by atoms with van der Waals surface area (Å²) < 4.78 is 10.4. The Morgan fingerprint density at radius 3 is 2.23 bits per heavy atom. The van der Waals surface area contributed by atoms with E-state index in [4.69, 9.17) is 9.47 Å². The Morgan fingerprint density at radius 2 is 1.60 bits per heavy atom. The van der Waals surface area contributed by atoms with Gasteiger partial charge < -0.3 is 14.8 Å². The monoisotopic (exact) mass is 410 g/mol. The van der Waals surface area contributed by atoms with Gasteiger partial charge in [-0.25, -0.2) is 0 Å². The van der Waals surface area contributed by atoms with E-state index in [0.717, 1.165) is 10.5 Å². The zero-order valence-electron chi connectivity index (χ0n) is 16.7. The summed E-state index contributed by atoms with van der Waals surface area (Å²) in [6, 6.07) is 13.7. The second kappa shape index (κ2) is 9.21. The lowest BCUT2D eigenvalue weighted by Crippen LogP contribution is -2.37. The molecule has 8 nitrogen and oxygen atoms in total. The lowest BCUT2D eigenvalue weighted by molar-refractivity contribution is -0.154. The van der Waals surface area contributed by atoms with Gasteiger partial charge in [0.25, 0.3) is 17.7 Å². The van der Waals surface area contributed by atoms with Crippen molar-refractivity contribution in [2.75, 3.05) is 13.7 Å². The van der Waals surface area contributed by atoms with Crippen LogP contribution in [-0.4, -0.2) is 48.3 Å². The first-order valence-electron chi connectivity index (χ1n) is 9.46. The van der Waals surface area contributed by atoms with Crippen LogP contribution >= 0.6 is 0 Å². The Bertz CT molecular complexity index is 952. The van der Waals surface area contributed by atoms with E-state index in [2.05, 4.69) is 5.32 Å². The topological polar surface area (TPSA) is 102 Å². The molecule has 0 saturated carbocycles. The SMILES string of the molecule is COc1ccccc1CNC(=O)[C@@H](C)OC(=O)CCN1C(=O)c2ccccc2C1=O. The number of hydrogen-bond acceptors (Lipinski definition) is 6. The van der Waals surface area contributed by atoms with E-state index >= 15 is 0 Å². The van der Waals surface area contributed by atoms with E-state index in [9.17, 15) is 19.2 Å². The van der Waals surface area contributed by atoms with Crippen molar-refractivity contribution in [1.29, 1.82) is 0 Å². The fourth-order valence-electron chi connectivity index (χ4n) is 3.13. The quantitative estimate of drug-likeness (QED) is 0.527. The molecule has 1 atom stereocenters. The number of nitrogens with zero attached hydrogens (tertiary/aromatic N) is 1. The number of hydrogen-bond donors (Lipinski definition) is 1. The Balaban J connectivity index is 1.47. The van der Waals surface area contributed by atoms with Crippen molar-refractivity contribution in [3.05, 3.63) is 65.2 Å². The van der Waals surface area contributed by atoms with Gasteiger partial charge in [-0.15, -0.1) is 0 Å². The summed E-state index contributed by atoms with van der Waals surface area (Å²) in [5.74, 6) is -1.37. The Morgan fingerprint density at radius 1 is 1.00 bits per heavy atom. The highest BCUT2D eigenvalue weighted by Gasteiger charge is 2.35. The first-order valence-corrected chi connectivity index (χ1v) is 9.46. The van der Waals surface area contributed by atoms with E-state index in [0.29, 0.717) is 16.9 Å². The third kappa shape index (κ3) is 4.48. The van der Waals surface area contributed by atoms with E-state index < -0.39 is 29.8 Å². The van der Waals surface area contributed by atoms with E-state index in [1.807, 2.05) is 18.2 Å². The molecule has 0 unspecified atom stereocenters. The van der Waals surface area contributed by atoms with Crippen LogP contribution < -0.4 is 10.1 Å². The lowest BCUT2D eigenvalue weighted by atomic mass is 10.1. The molecule has 1 N–H and O–H groups in total. The number of benzene rings is 2. The van der Waals surface area contributed by atoms with Crippen molar-refractivity contribution in [1.82, 2.24) is 10.2 Å². The first-order chi connectivity index (χ1) is 14.4. The molecule has 0 saturated heterocycles. The number of ether oxygens (including phenoxy) is 2. The largest absolute Gasteiger partial charge is 0.496 e. The van der Waals surface area contributed by atoms with Gasteiger partial charge in [-0.05, 0) is 25.1 Å². The van der Waals surface area contributed by atoms with Gasteiger partial charge in [0.2, 0.25) is 0 Å². The Hall–Kier alpha value is -3.68. The normalized spacial score (nSPS) is 13.6. The van der Waals surface area contributed by atoms with Gasteiger partial charge in [0, 0.05) is 18.7 Å². The summed E-state index contributed by atoms with van der Waals surface area (Å²) >= 11 is 0. The van der Waals surface area contributed by atoms with Gasteiger partial charge in [-0.3, -0.25) is 24.1 Å². The maximum absolute atomic E-state index is 12.3. The molecule has 0 aromatic heterocycles. The van der Waals surface area contributed by atoms with Crippen molar-refractivity contribution in [3.63, 3.8) is 0 Å². The van der Waals surface area contributed by atoms with Gasteiger partial charge in [0.15, 0.2) is 6.10 Å². The molecular weight excluding hydrogens is 388 g/mol. The number of amides is 3. The summed E-state index contributed by atoms with van der Waals surface area (Å²) in [5.41, 5.74) is 1.43. The Labute approximate surface area is 173 Å². The summed E-state index contributed by atoms with van der Waals surface area (Å²) in [7, 11) is 1.54. The van der Waals surface area contributed by atoms with Crippen LogP contribution in [0.15, 0.2) is 48.5 Å². The van der Waals surface area contributed by atoms with E-state index in [1.54, 1.807) is 37.4 Å². The van der Waals surface area contributed by atoms with Crippen molar-refractivity contribution in [2.24, 2.45) is 0 Å². The lowest BCUT2D eigenvalue weighted by Gasteiger charge is -2.16. The van der Waals surface area contributed by atoms with Crippen LogP contribution in [0.4, 0.5) is 0 Å². The predicted molar refractivity (Wildman–Crippen MR) is 107 cm³/mol. The minimum atomic E-state index is -1.02. The van der Waals surface area contributed by atoms with Crippen LogP contribution in [0.5, 0.6) is 5.75 Å². The standard InChI is InChI=1S/C22H22N2O6/c1-14(20(26)23-13-15-7-3-6-10-18(15)29-2)30-19(25)11-12-24-21(27)16-8-4-5-9-17(16)22(24)28/h3-10,14H,11-13H2,1-2H3,(H,23,26)/t14-/m1/s1. The first kappa shape index (κ1) is 21.0. The molecule has 3 amide bonds. The van der Waals surface area contributed by atoms with Crippen LogP contribution in [0.3, 0.4) is 0 Å². The number of carbonyl (C=O) groups excluding carboxylic acids is 4. The molecule has 30 heavy (non-hydrogen) atoms. The molecule has 0 bridgehead atoms. The highest BCUT2D eigenvalue weighted by Crippen LogP contribution is 2.22. The number of fused-ring (bicyclic) bond motifs is 1. The molecular formula is C22H22N2O6. The van der Waals surface area contributed by atoms with Crippen LogP contribution in [-0.2, 0) is 20.9 Å². The maximum atomic E-state index is 12.3. The molecule has 156 valence electrons. The smallest absolute Gasteiger partial charge is 0.308 e. The summed E-state index contributed by atoms with van der Waals surface area (Å²) in [6.45, 7) is 1.57. The number of nitrogens with one attached hydrogen (secondary N) is 1. The van der Waals surface area contributed by atoms with Crippen LogP contribution in [0.2, 0.25) is 0 Å². The molecule has 2 aromatic rings. The molecule has 0 radical (unpaired) electrons. The van der Waals surface area contributed by atoms with Crippen molar-refractivity contribution in [3.8, 4) is 5.75 Å². The van der Waals surface area contributed by atoms with Crippen molar-refractivity contribution in [2.45, 2.75) is 26.0 Å².